The van der Waals surface area contributed by atoms with Crippen LogP contribution in [0.4, 0.5) is 4.79 Å². The molecule has 2 amide bonds. The normalized spacial score (nSPS) is 20.4. The lowest BCUT2D eigenvalue weighted by Crippen LogP contribution is -2.53. The lowest BCUT2D eigenvalue weighted by Gasteiger charge is -2.37. The van der Waals surface area contributed by atoms with Crippen LogP contribution in [0.2, 0.25) is 0 Å². The fourth-order valence-corrected chi connectivity index (χ4v) is 3.83. The van der Waals surface area contributed by atoms with Gasteiger partial charge >= 0.3 is 12.0 Å². The third kappa shape index (κ3) is 4.72. The van der Waals surface area contributed by atoms with Crippen LogP contribution in [-0.2, 0) is 11.2 Å². The number of benzene rings is 1. The number of nitrogens with one attached hydrogen (secondary N) is 1. The van der Waals surface area contributed by atoms with E-state index in [0.717, 1.165) is 18.4 Å². The van der Waals surface area contributed by atoms with E-state index in [-0.39, 0.29) is 6.03 Å². The molecule has 0 aromatic heterocycles. The highest BCUT2D eigenvalue weighted by molar-refractivity contribution is 5.82. The number of carboxylic acids is 1. The minimum atomic E-state index is -0.996. The van der Waals surface area contributed by atoms with Crippen molar-refractivity contribution < 1.29 is 14.7 Å². The van der Waals surface area contributed by atoms with Crippen molar-refractivity contribution in [1.82, 2.24) is 15.1 Å². The Morgan fingerprint density at radius 3 is 2.32 bits per heavy atom. The van der Waals surface area contributed by atoms with Crippen LogP contribution in [0.1, 0.15) is 31.2 Å². The molecule has 2 N–H and O–H groups in total. The molecule has 2 heterocycles. The van der Waals surface area contributed by atoms with Crippen molar-refractivity contribution in [2.45, 2.75) is 44.2 Å². The van der Waals surface area contributed by atoms with E-state index in [0.29, 0.717) is 25.6 Å². The molecule has 0 radical (unpaired) electrons. The second kappa shape index (κ2) is 8.34. The molecule has 25 heavy (non-hydrogen) atoms. The number of likely N-dealkylation sites (tertiary alicyclic amines) is 2. The van der Waals surface area contributed by atoms with Crippen molar-refractivity contribution in [3.8, 4) is 0 Å². The summed E-state index contributed by atoms with van der Waals surface area (Å²) in [5, 5.41) is 12.1. The number of rotatable bonds is 5. The molecular formula is C19H27N3O3. The smallest absolute Gasteiger partial charge is 0.326 e. The van der Waals surface area contributed by atoms with Crippen molar-refractivity contribution in [3.05, 3.63) is 35.9 Å². The van der Waals surface area contributed by atoms with Gasteiger partial charge in [0.1, 0.15) is 6.04 Å². The van der Waals surface area contributed by atoms with E-state index < -0.39 is 12.0 Å². The van der Waals surface area contributed by atoms with Gasteiger partial charge in [0.25, 0.3) is 0 Å². The quantitative estimate of drug-likeness (QED) is 0.856. The van der Waals surface area contributed by atoms with Crippen LogP contribution in [-0.4, -0.2) is 65.2 Å². The Morgan fingerprint density at radius 2 is 1.72 bits per heavy atom. The highest BCUT2D eigenvalue weighted by Gasteiger charge is 2.30. The molecule has 0 bridgehead atoms. The van der Waals surface area contributed by atoms with E-state index >= 15 is 0 Å². The van der Waals surface area contributed by atoms with Gasteiger partial charge in [-0.15, -0.1) is 0 Å². The summed E-state index contributed by atoms with van der Waals surface area (Å²) in [4.78, 5) is 28.3. The maximum Gasteiger partial charge on any atom is 0.326 e. The Morgan fingerprint density at radius 1 is 1.08 bits per heavy atom. The third-order valence-electron chi connectivity index (χ3n) is 5.29. The molecule has 6 heteroatoms. The Hall–Kier alpha value is -2.08. The molecule has 3 rings (SSSR count). The zero-order chi connectivity index (χ0) is 17.6. The van der Waals surface area contributed by atoms with Crippen molar-refractivity contribution in [3.63, 3.8) is 0 Å². The average molecular weight is 345 g/mol. The molecule has 0 unspecified atom stereocenters. The summed E-state index contributed by atoms with van der Waals surface area (Å²) >= 11 is 0. The number of aliphatic carboxylic acids is 1. The topological polar surface area (TPSA) is 72.9 Å². The first-order valence-electron chi connectivity index (χ1n) is 9.19. The second-order valence-electron chi connectivity index (χ2n) is 6.99. The standard InChI is InChI=1S/C19H27N3O3/c23-18(24)17(14-15-6-2-1-3-7-15)20-19(25)22-12-8-16(9-13-22)21-10-4-5-11-21/h1-3,6-7,16-17H,4-5,8-14H2,(H,20,25)(H,23,24)/t17-/m0/s1. The highest BCUT2D eigenvalue weighted by atomic mass is 16.4. The summed E-state index contributed by atoms with van der Waals surface area (Å²) < 4.78 is 0. The van der Waals surface area contributed by atoms with Gasteiger partial charge in [-0.2, -0.15) is 0 Å². The maximum absolute atomic E-state index is 12.5. The number of urea groups is 1. The van der Waals surface area contributed by atoms with Gasteiger partial charge in [-0.1, -0.05) is 30.3 Å². The first-order valence-corrected chi connectivity index (χ1v) is 9.19. The summed E-state index contributed by atoms with van der Waals surface area (Å²) in [6.07, 6.45) is 4.81. The second-order valence-corrected chi connectivity index (χ2v) is 6.99. The predicted octanol–water partition coefficient (Wildman–Crippen LogP) is 1.95. The molecule has 2 fully saturated rings. The Bertz CT molecular complexity index is 579. The fourth-order valence-electron chi connectivity index (χ4n) is 3.83. The number of nitrogens with zero attached hydrogens (tertiary/aromatic N) is 2. The lowest BCUT2D eigenvalue weighted by atomic mass is 10.0. The molecule has 0 saturated carbocycles. The van der Waals surface area contributed by atoms with Crippen LogP contribution >= 0.6 is 0 Å². The van der Waals surface area contributed by atoms with Crippen LogP contribution in [0, 0.1) is 0 Å². The lowest BCUT2D eigenvalue weighted by molar-refractivity contribution is -0.139. The molecule has 6 nitrogen and oxygen atoms in total. The number of piperidine rings is 1. The zero-order valence-electron chi connectivity index (χ0n) is 14.6. The number of carbonyl (C=O) groups is 2. The number of hydrogen-bond acceptors (Lipinski definition) is 3. The fraction of sp³-hybridized carbons (Fsp3) is 0.579. The van der Waals surface area contributed by atoms with Crippen LogP contribution in [0.25, 0.3) is 0 Å². The summed E-state index contributed by atoms with van der Waals surface area (Å²) in [7, 11) is 0. The minimum Gasteiger partial charge on any atom is -0.480 e. The van der Waals surface area contributed by atoms with E-state index in [1.807, 2.05) is 30.3 Å². The van der Waals surface area contributed by atoms with E-state index in [4.69, 9.17) is 0 Å². The van der Waals surface area contributed by atoms with Crippen LogP contribution in [0.15, 0.2) is 30.3 Å². The minimum absolute atomic E-state index is 0.261. The number of carboxylic acid groups (broad SMARTS) is 1. The van der Waals surface area contributed by atoms with Crippen LogP contribution < -0.4 is 5.32 Å². The van der Waals surface area contributed by atoms with Crippen molar-refractivity contribution in [2.75, 3.05) is 26.2 Å². The summed E-state index contributed by atoms with van der Waals surface area (Å²) in [5.74, 6) is -0.996. The molecule has 1 atom stereocenters. The third-order valence-corrected chi connectivity index (χ3v) is 5.29. The van der Waals surface area contributed by atoms with Gasteiger partial charge in [-0.25, -0.2) is 9.59 Å². The van der Waals surface area contributed by atoms with E-state index in [1.165, 1.54) is 25.9 Å². The molecule has 136 valence electrons. The highest BCUT2D eigenvalue weighted by Crippen LogP contribution is 2.21. The SMILES string of the molecule is O=C(O)[C@H](Cc1ccccc1)NC(=O)N1CCC(N2CCCC2)CC1. The van der Waals surface area contributed by atoms with Crippen LogP contribution in [0.5, 0.6) is 0 Å². The van der Waals surface area contributed by atoms with E-state index in [2.05, 4.69) is 10.2 Å². The van der Waals surface area contributed by atoms with Gasteiger partial charge < -0.3 is 20.2 Å². The Balaban J connectivity index is 1.50. The number of amides is 2. The van der Waals surface area contributed by atoms with Gasteiger partial charge in [0.2, 0.25) is 0 Å². The van der Waals surface area contributed by atoms with Crippen molar-refractivity contribution >= 4 is 12.0 Å². The van der Waals surface area contributed by atoms with Gasteiger partial charge in [-0.3, -0.25) is 0 Å². The van der Waals surface area contributed by atoms with Gasteiger partial charge in [0, 0.05) is 25.6 Å². The summed E-state index contributed by atoms with van der Waals surface area (Å²) in [5.41, 5.74) is 0.906. The molecule has 2 aliphatic rings. The molecular weight excluding hydrogens is 318 g/mol. The maximum atomic E-state index is 12.5. The van der Waals surface area contributed by atoms with Crippen molar-refractivity contribution in [2.24, 2.45) is 0 Å². The molecule has 2 saturated heterocycles. The van der Waals surface area contributed by atoms with E-state index in [1.54, 1.807) is 4.90 Å². The van der Waals surface area contributed by atoms with Gasteiger partial charge in [0.05, 0.1) is 0 Å². The Kier molecular flexibility index (Phi) is 5.91. The largest absolute Gasteiger partial charge is 0.480 e. The number of carbonyl (C=O) groups excluding carboxylic acids is 1. The van der Waals surface area contributed by atoms with Gasteiger partial charge in [0.15, 0.2) is 0 Å². The first kappa shape index (κ1) is 17.7. The molecule has 2 aliphatic heterocycles. The molecule has 1 aromatic carbocycles. The average Bonchev–Trinajstić information content (AvgIpc) is 3.16. The molecule has 0 spiro atoms. The summed E-state index contributed by atoms with van der Waals surface area (Å²) in [6.45, 7) is 3.75. The Labute approximate surface area is 148 Å². The van der Waals surface area contributed by atoms with Crippen LogP contribution in [0.3, 0.4) is 0 Å². The van der Waals surface area contributed by atoms with Gasteiger partial charge in [-0.05, 0) is 44.3 Å². The van der Waals surface area contributed by atoms with Crippen molar-refractivity contribution in [1.29, 1.82) is 0 Å². The number of hydrogen-bond donors (Lipinski definition) is 2. The summed E-state index contributed by atoms with van der Waals surface area (Å²) in [6, 6.07) is 8.81. The van der Waals surface area contributed by atoms with E-state index in [9.17, 15) is 14.7 Å². The zero-order valence-corrected chi connectivity index (χ0v) is 14.6. The monoisotopic (exact) mass is 345 g/mol. The first-order chi connectivity index (χ1) is 12.1. The predicted molar refractivity (Wildman–Crippen MR) is 95.5 cm³/mol. The molecule has 0 aliphatic carbocycles. The molecule has 1 aromatic rings.